The number of aryl methyl sites for hydroxylation is 1. The first-order valence-electron chi connectivity index (χ1n) is 9.80. The average molecular weight is 372 g/mol. The number of benzene rings is 1. The van der Waals surface area contributed by atoms with Crippen LogP contribution in [0.5, 0.6) is 5.75 Å². The number of thiazole rings is 1. The molecule has 0 amide bonds. The summed E-state index contributed by atoms with van der Waals surface area (Å²) in [6.45, 7) is 8.42. The molecule has 1 unspecified atom stereocenters. The summed E-state index contributed by atoms with van der Waals surface area (Å²) in [5, 5.41) is 3.49. The van der Waals surface area contributed by atoms with Crippen molar-refractivity contribution in [3.8, 4) is 5.75 Å². The quantitative estimate of drug-likeness (QED) is 0.726. The molecule has 1 atom stereocenters. The Hall–Kier alpha value is -1.43. The third-order valence-electron chi connectivity index (χ3n) is 5.40. The number of nitrogens with one attached hydrogen (secondary N) is 1. The number of nitrogens with zero attached hydrogens (tertiary/aromatic N) is 2. The lowest BCUT2D eigenvalue weighted by atomic mass is 10.1. The van der Waals surface area contributed by atoms with E-state index in [4.69, 9.17) is 4.74 Å². The van der Waals surface area contributed by atoms with Crippen LogP contribution in [0.15, 0.2) is 29.8 Å². The van der Waals surface area contributed by atoms with E-state index in [0.717, 1.165) is 56.9 Å². The summed E-state index contributed by atoms with van der Waals surface area (Å²) in [4.78, 5) is 8.39. The minimum absolute atomic E-state index is 0.754. The Morgan fingerprint density at radius 2 is 2.00 bits per heavy atom. The van der Waals surface area contributed by atoms with Crippen molar-refractivity contribution >= 4 is 11.3 Å². The SMILES string of the molecule is Cc1ncsc1CN(Cc1ccc(OCC2CC2)cc1)CC1CCNC1. The van der Waals surface area contributed by atoms with Gasteiger partial charge in [-0.15, -0.1) is 11.3 Å². The topological polar surface area (TPSA) is 37.4 Å². The molecule has 0 spiro atoms. The molecule has 1 saturated carbocycles. The van der Waals surface area contributed by atoms with Crippen molar-refractivity contribution in [3.05, 3.63) is 45.9 Å². The Kier molecular flexibility index (Phi) is 5.88. The summed E-state index contributed by atoms with van der Waals surface area (Å²) in [5.41, 5.74) is 4.50. The highest BCUT2D eigenvalue weighted by Gasteiger charge is 2.22. The van der Waals surface area contributed by atoms with Gasteiger partial charge >= 0.3 is 0 Å². The molecule has 1 N–H and O–H groups in total. The van der Waals surface area contributed by atoms with Gasteiger partial charge in [-0.3, -0.25) is 4.90 Å². The summed E-state index contributed by atoms with van der Waals surface area (Å²) < 4.78 is 5.87. The maximum atomic E-state index is 5.87. The Bertz CT molecular complexity index is 690. The molecule has 2 aliphatic rings. The van der Waals surface area contributed by atoms with Crippen molar-refractivity contribution in [2.75, 3.05) is 26.2 Å². The van der Waals surface area contributed by atoms with Gasteiger partial charge < -0.3 is 10.1 Å². The lowest BCUT2D eigenvalue weighted by Crippen LogP contribution is -2.30. The molecule has 4 nitrogen and oxygen atoms in total. The highest BCUT2D eigenvalue weighted by atomic mass is 32.1. The molecule has 1 saturated heterocycles. The molecule has 5 heteroatoms. The monoisotopic (exact) mass is 371 g/mol. The smallest absolute Gasteiger partial charge is 0.119 e. The van der Waals surface area contributed by atoms with E-state index < -0.39 is 0 Å². The normalized spacial score (nSPS) is 20.0. The molecule has 2 fully saturated rings. The predicted octanol–water partition coefficient (Wildman–Crippen LogP) is 3.85. The first-order chi connectivity index (χ1) is 12.8. The van der Waals surface area contributed by atoms with E-state index in [9.17, 15) is 0 Å². The van der Waals surface area contributed by atoms with Gasteiger partial charge in [-0.1, -0.05) is 12.1 Å². The van der Waals surface area contributed by atoms with E-state index >= 15 is 0 Å². The Labute approximate surface area is 160 Å². The second-order valence-corrected chi connectivity index (χ2v) is 8.73. The summed E-state index contributed by atoms with van der Waals surface area (Å²) >= 11 is 1.78. The fourth-order valence-corrected chi connectivity index (χ4v) is 4.37. The number of hydrogen-bond acceptors (Lipinski definition) is 5. The molecular formula is C21H29N3OS. The van der Waals surface area contributed by atoms with Crippen molar-refractivity contribution in [1.29, 1.82) is 0 Å². The summed E-state index contributed by atoms with van der Waals surface area (Å²) in [5.74, 6) is 2.56. The van der Waals surface area contributed by atoms with Crippen LogP contribution < -0.4 is 10.1 Å². The van der Waals surface area contributed by atoms with Crippen LogP contribution in [0.25, 0.3) is 0 Å². The van der Waals surface area contributed by atoms with Gasteiger partial charge in [-0.25, -0.2) is 4.98 Å². The highest BCUT2D eigenvalue weighted by molar-refractivity contribution is 7.09. The van der Waals surface area contributed by atoms with Gasteiger partial charge in [0.2, 0.25) is 0 Å². The second-order valence-electron chi connectivity index (χ2n) is 7.79. The van der Waals surface area contributed by atoms with E-state index in [1.807, 2.05) is 5.51 Å². The van der Waals surface area contributed by atoms with Crippen molar-refractivity contribution in [3.63, 3.8) is 0 Å². The van der Waals surface area contributed by atoms with Crippen molar-refractivity contribution < 1.29 is 4.74 Å². The molecule has 1 aliphatic carbocycles. The van der Waals surface area contributed by atoms with Gasteiger partial charge in [0.05, 0.1) is 17.8 Å². The molecule has 4 rings (SSSR count). The largest absolute Gasteiger partial charge is 0.493 e. The van der Waals surface area contributed by atoms with E-state index in [1.54, 1.807) is 11.3 Å². The number of hydrogen-bond donors (Lipinski definition) is 1. The highest BCUT2D eigenvalue weighted by Crippen LogP contribution is 2.29. The molecule has 1 aliphatic heterocycles. The average Bonchev–Trinajstić information content (AvgIpc) is 3.18. The summed E-state index contributed by atoms with van der Waals surface area (Å²) in [7, 11) is 0. The molecule has 0 radical (unpaired) electrons. The first kappa shape index (κ1) is 18.0. The predicted molar refractivity (Wildman–Crippen MR) is 107 cm³/mol. The number of aromatic nitrogens is 1. The van der Waals surface area contributed by atoms with Crippen LogP contribution in [0.1, 0.15) is 35.4 Å². The van der Waals surface area contributed by atoms with Crippen molar-refractivity contribution in [1.82, 2.24) is 15.2 Å². The fraction of sp³-hybridized carbons (Fsp3) is 0.571. The second kappa shape index (κ2) is 8.51. The molecule has 2 aromatic rings. The van der Waals surface area contributed by atoms with Crippen LogP contribution in [0, 0.1) is 18.8 Å². The van der Waals surface area contributed by atoms with E-state index in [-0.39, 0.29) is 0 Å². The summed E-state index contributed by atoms with van der Waals surface area (Å²) in [6, 6.07) is 8.71. The van der Waals surface area contributed by atoms with Crippen LogP contribution in [0.3, 0.4) is 0 Å². The number of rotatable bonds is 9. The zero-order chi connectivity index (χ0) is 17.8. The maximum absolute atomic E-state index is 5.87. The van der Waals surface area contributed by atoms with Gasteiger partial charge in [-0.05, 0) is 68.8 Å². The van der Waals surface area contributed by atoms with Gasteiger partial charge in [0.25, 0.3) is 0 Å². The molecule has 26 heavy (non-hydrogen) atoms. The van der Waals surface area contributed by atoms with E-state index in [1.165, 1.54) is 35.4 Å². The van der Waals surface area contributed by atoms with Gasteiger partial charge in [0.15, 0.2) is 0 Å². The van der Waals surface area contributed by atoms with Gasteiger partial charge in [0.1, 0.15) is 5.75 Å². The molecular weight excluding hydrogens is 342 g/mol. The molecule has 1 aromatic heterocycles. The van der Waals surface area contributed by atoms with Gasteiger partial charge in [-0.2, -0.15) is 0 Å². The van der Waals surface area contributed by atoms with Crippen molar-refractivity contribution in [2.24, 2.45) is 11.8 Å². The van der Waals surface area contributed by atoms with E-state index in [2.05, 4.69) is 46.4 Å². The van der Waals surface area contributed by atoms with Crippen LogP contribution in [-0.4, -0.2) is 36.1 Å². The Balaban J connectivity index is 1.38. The van der Waals surface area contributed by atoms with Crippen LogP contribution >= 0.6 is 11.3 Å². The minimum atomic E-state index is 0.754. The standard InChI is InChI=1S/C21H29N3OS/c1-16-21(26-15-23-16)13-24(12-19-8-9-22-10-19)11-17-4-6-20(7-5-17)25-14-18-2-3-18/h4-7,15,18-19,22H,2-3,8-14H2,1H3. The van der Waals surface area contributed by atoms with Crippen molar-refractivity contribution in [2.45, 2.75) is 39.3 Å². The zero-order valence-corrected chi connectivity index (χ0v) is 16.4. The molecule has 1 aromatic carbocycles. The first-order valence-corrected chi connectivity index (χ1v) is 10.7. The lowest BCUT2D eigenvalue weighted by Gasteiger charge is -2.25. The third-order valence-corrected chi connectivity index (χ3v) is 6.32. The molecule has 2 heterocycles. The third kappa shape index (κ3) is 5.06. The molecule has 0 bridgehead atoms. The minimum Gasteiger partial charge on any atom is -0.493 e. The van der Waals surface area contributed by atoms with Crippen LogP contribution in [0.2, 0.25) is 0 Å². The zero-order valence-electron chi connectivity index (χ0n) is 15.6. The fourth-order valence-electron chi connectivity index (χ4n) is 3.55. The number of ether oxygens (including phenoxy) is 1. The molecule has 140 valence electrons. The Morgan fingerprint density at radius 1 is 1.15 bits per heavy atom. The maximum Gasteiger partial charge on any atom is 0.119 e. The van der Waals surface area contributed by atoms with E-state index in [0.29, 0.717) is 0 Å². The summed E-state index contributed by atoms with van der Waals surface area (Å²) in [6.07, 6.45) is 3.95. The van der Waals surface area contributed by atoms with Crippen LogP contribution in [0.4, 0.5) is 0 Å². The lowest BCUT2D eigenvalue weighted by molar-refractivity contribution is 0.222. The van der Waals surface area contributed by atoms with Crippen LogP contribution in [-0.2, 0) is 13.1 Å². The van der Waals surface area contributed by atoms with Gasteiger partial charge in [0, 0.05) is 24.5 Å². The Morgan fingerprint density at radius 3 is 2.65 bits per heavy atom.